The molecule has 2 rings (SSSR count). The number of aliphatic hydroxyl groups is 1. The molecule has 1 aromatic heterocycles. The van der Waals surface area contributed by atoms with E-state index in [2.05, 4.69) is 28.9 Å². The minimum absolute atomic E-state index is 0.0125. The van der Waals surface area contributed by atoms with Crippen molar-refractivity contribution in [3.63, 3.8) is 0 Å². The van der Waals surface area contributed by atoms with Crippen molar-refractivity contribution in [2.75, 3.05) is 11.4 Å². The molecule has 0 bridgehead atoms. The van der Waals surface area contributed by atoms with Crippen LogP contribution < -0.4 is 4.90 Å². The number of para-hydroxylation sites is 1. The van der Waals surface area contributed by atoms with Crippen molar-refractivity contribution in [1.29, 1.82) is 0 Å². The van der Waals surface area contributed by atoms with Gasteiger partial charge in [-0.05, 0) is 24.6 Å². The van der Waals surface area contributed by atoms with Gasteiger partial charge in [-0.15, -0.1) is 0 Å². The molecule has 0 amide bonds. The van der Waals surface area contributed by atoms with Gasteiger partial charge in [-0.3, -0.25) is 0 Å². The summed E-state index contributed by atoms with van der Waals surface area (Å²) in [6.07, 6.45) is 4.00. The predicted molar refractivity (Wildman–Crippen MR) is 78.5 cm³/mol. The van der Waals surface area contributed by atoms with Crippen LogP contribution in [0.25, 0.3) is 0 Å². The highest BCUT2D eigenvalue weighted by molar-refractivity contribution is 5.62. The zero-order valence-corrected chi connectivity index (χ0v) is 11.3. The molecule has 0 aliphatic rings. The fraction of sp³-hybridized carbons (Fsp3) is 0.312. The molecule has 1 aromatic carbocycles. The Kier molecular flexibility index (Phi) is 4.93. The molecule has 0 saturated carbocycles. The van der Waals surface area contributed by atoms with Gasteiger partial charge < -0.3 is 10.0 Å². The average molecular weight is 256 g/mol. The van der Waals surface area contributed by atoms with Gasteiger partial charge in [0.2, 0.25) is 0 Å². The zero-order valence-electron chi connectivity index (χ0n) is 11.3. The maximum absolute atomic E-state index is 9.47. The summed E-state index contributed by atoms with van der Waals surface area (Å²) in [6.45, 7) is 3.09. The minimum atomic E-state index is 0.0125. The van der Waals surface area contributed by atoms with Crippen LogP contribution in [-0.2, 0) is 6.61 Å². The number of unbranched alkanes of at least 4 members (excludes halogenated alkanes) is 1. The molecule has 0 atom stereocenters. The maximum atomic E-state index is 9.47. The first-order chi connectivity index (χ1) is 9.36. The van der Waals surface area contributed by atoms with Gasteiger partial charge in [-0.1, -0.05) is 37.6 Å². The van der Waals surface area contributed by atoms with Crippen molar-refractivity contribution in [3.8, 4) is 0 Å². The molecule has 1 N–H and O–H groups in total. The highest BCUT2D eigenvalue weighted by Gasteiger charge is 2.13. The molecule has 0 saturated heterocycles. The van der Waals surface area contributed by atoms with Crippen LogP contribution in [0.15, 0.2) is 48.7 Å². The van der Waals surface area contributed by atoms with Crippen molar-refractivity contribution < 1.29 is 5.11 Å². The van der Waals surface area contributed by atoms with Crippen LogP contribution in [0.5, 0.6) is 0 Å². The van der Waals surface area contributed by atoms with Crippen LogP contribution in [0.2, 0.25) is 0 Å². The molecular formula is C16H20N2O. The smallest absolute Gasteiger partial charge is 0.138 e. The largest absolute Gasteiger partial charge is 0.392 e. The number of rotatable bonds is 6. The number of nitrogens with zero attached hydrogens (tertiary/aromatic N) is 2. The molecule has 0 aliphatic heterocycles. The first-order valence-electron chi connectivity index (χ1n) is 6.74. The fourth-order valence-electron chi connectivity index (χ4n) is 2.08. The lowest BCUT2D eigenvalue weighted by atomic mass is 10.2. The second-order valence-electron chi connectivity index (χ2n) is 4.48. The zero-order chi connectivity index (χ0) is 13.5. The van der Waals surface area contributed by atoms with Crippen molar-refractivity contribution in [1.82, 2.24) is 4.98 Å². The van der Waals surface area contributed by atoms with Gasteiger partial charge in [0.25, 0.3) is 0 Å². The van der Waals surface area contributed by atoms with E-state index in [4.69, 9.17) is 0 Å². The van der Waals surface area contributed by atoms with Gasteiger partial charge in [0.05, 0.1) is 6.61 Å². The van der Waals surface area contributed by atoms with Crippen LogP contribution in [0.1, 0.15) is 25.3 Å². The molecular weight excluding hydrogens is 236 g/mol. The molecule has 0 spiro atoms. The Labute approximate surface area is 114 Å². The van der Waals surface area contributed by atoms with E-state index in [-0.39, 0.29) is 6.61 Å². The van der Waals surface area contributed by atoms with Crippen molar-refractivity contribution in [3.05, 3.63) is 54.2 Å². The van der Waals surface area contributed by atoms with E-state index < -0.39 is 0 Å². The number of aromatic nitrogens is 1. The number of anilines is 2. The first-order valence-corrected chi connectivity index (χ1v) is 6.74. The monoisotopic (exact) mass is 256 g/mol. The van der Waals surface area contributed by atoms with E-state index in [0.717, 1.165) is 36.5 Å². The molecule has 2 aromatic rings. The summed E-state index contributed by atoms with van der Waals surface area (Å²) in [5, 5.41) is 9.47. The van der Waals surface area contributed by atoms with Gasteiger partial charge in [0.1, 0.15) is 5.82 Å². The molecule has 100 valence electrons. The standard InChI is InChI=1S/C16H20N2O/c1-2-3-12-18(15-9-5-4-6-10-15)16-14(13-19)8-7-11-17-16/h4-11,19H,2-3,12-13H2,1H3. The summed E-state index contributed by atoms with van der Waals surface area (Å²) < 4.78 is 0. The van der Waals surface area contributed by atoms with Crippen LogP contribution in [0.3, 0.4) is 0 Å². The molecule has 3 heteroatoms. The Morgan fingerprint density at radius 1 is 1.11 bits per heavy atom. The summed E-state index contributed by atoms with van der Waals surface area (Å²) in [5.74, 6) is 0.852. The Bertz CT molecular complexity index is 499. The Balaban J connectivity index is 2.37. The first kappa shape index (κ1) is 13.6. The lowest BCUT2D eigenvalue weighted by Gasteiger charge is -2.25. The lowest BCUT2D eigenvalue weighted by molar-refractivity contribution is 0.281. The Morgan fingerprint density at radius 3 is 2.58 bits per heavy atom. The third-order valence-electron chi connectivity index (χ3n) is 3.10. The third kappa shape index (κ3) is 3.32. The summed E-state index contributed by atoms with van der Waals surface area (Å²) in [4.78, 5) is 6.62. The third-order valence-corrected chi connectivity index (χ3v) is 3.10. The van der Waals surface area contributed by atoms with E-state index in [1.54, 1.807) is 6.20 Å². The Morgan fingerprint density at radius 2 is 1.89 bits per heavy atom. The number of benzene rings is 1. The average Bonchev–Trinajstić information content (AvgIpc) is 2.49. The van der Waals surface area contributed by atoms with Gasteiger partial charge in [-0.2, -0.15) is 0 Å². The molecule has 19 heavy (non-hydrogen) atoms. The lowest BCUT2D eigenvalue weighted by Crippen LogP contribution is -2.21. The van der Waals surface area contributed by atoms with Gasteiger partial charge in [0, 0.05) is 24.0 Å². The molecule has 0 fully saturated rings. The van der Waals surface area contributed by atoms with Gasteiger partial charge in [-0.25, -0.2) is 4.98 Å². The number of pyridine rings is 1. The van der Waals surface area contributed by atoms with Crippen LogP contribution in [0.4, 0.5) is 11.5 Å². The molecule has 0 unspecified atom stereocenters. The summed E-state index contributed by atoms with van der Waals surface area (Å²) in [5.41, 5.74) is 1.98. The fourth-order valence-corrected chi connectivity index (χ4v) is 2.08. The van der Waals surface area contributed by atoms with Crippen LogP contribution in [0, 0.1) is 0 Å². The SMILES string of the molecule is CCCCN(c1ccccc1)c1ncccc1CO. The normalized spacial score (nSPS) is 10.4. The summed E-state index contributed by atoms with van der Waals surface area (Å²) in [6, 6.07) is 14.0. The van der Waals surface area contributed by atoms with E-state index in [9.17, 15) is 5.11 Å². The number of aliphatic hydroxyl groups excluding tert-OH is 1. The summed E-state index contributed by atoms with van der Waals surface area (Å²) >= 11 is 0. The predicted octanol–water partition coefficient (Wildman–Crippen LogP) is 3.51. The number of hydrogen-bond acceptors (Lipinski definition) is 3. The van der Waals surface area contributed by atoms with Crippen molar-refractivity contribution in [2.24, 2.45) is 0 Å². The quantitative estimate of drug-likeness (QED) is 0.859. The molecule has 3 nitrogen and oxygen atoms in total. The Hall–Kier alpha value is -1.87. The molecule has 0 radical (unpaired) electrons. The maximum Gasteiger partial charge on any atom is 0.138 e. The highest BCUT2D eigenvalue weighted by atomic mass is 16.3. The van der Waals surface area contributed by atoms with Gasteiger partial charge >= 0.3 is 0 Å². The number of hydrogen-bond donors (Lipinski definition) is 1. The second kappa shape index (κ2) is 6.90. The van der Waals surface area contributed by atoms with E-state index in [1.807, 2.05) is 30.3 Å². The van der Waals surface area contributed by atoms with E-state index >= 15 is 0 Å². The topological polar surface area (TPSA) is 36.4 Å². The van der Waals surface area contributed by atoms with Gasteiger partial charge in [0.15, 0.2) is 0 Å². The van der Waals surface area contributed by atoms with E-state index in [1.165, 1.54) is 0 Å². The highest BCUT2D eigenvalue weighted by Crippen LogP contribution is 2.26. The van der Waals surface area contributed by atoms with Crippen LogP contribution >= 0.6 is 0 Å². The van der Waals surface area contributed by atoms with Crippen LogP contribution in [-0.4, -0.2) is 16.6 Å². The van der Waals surface area contributed by atoms with Crippen molar-refractivity contribution >= 4 is 11.5 Å². The summed E-state index contributed by atoms with van der Waals surface area (Å²) in [7, 11) is 0. The molecule has 0 aliphatic carbocycles. The second-order valence-corrected chi connectivity index (χ2v) is 4.48. The minimum Gasteiger partial charge on any atom is -0.392 e. The van der Waals surface area contributed by atoms with Crippen molar-refractivity contribution in [2.45, 2.75) is 26.4 Å². The molecule has 1 heterocycles. The van der Waals surface area contributed by atoms with E-state index in [0.29, 0.717) is 0 Å².